The molecule has 0 aliphatic carbocycles. The minimum atomic E-state index is -0.517. The van der Waals surface area contributed by atoms with Crippen molar-refractivity contribution in [1.29, 1.82) is 5.26 Å². The predicted molar refractivity (Wildman–Crippen MR) is 69.9 cm³/mol. The number of hydrogen-bond acceptors (Lipinski definition) is 4. The monoisotopic (exact) mass is 256 g/mol. The molecule has 19 heavy (non-hydrogen) atoms. The minimum absolute atomic E-state index is 0.0214. The summed E-state index contributed by atoms with van der Waals surface area (Å²) in [4.78, 5) is 8.45. The molecule has 1 aromatic heterocycles. The first-order valence-corrected chi connectivity index (χ1v) is 5.85. The number of nitrogens with zero attached hydrogens (tertiary/aromatic N) is 3. The van der Waals surface area contributed by atoms with Gasteiger partial charge in [0.05, 0.1) is 23.0 Å². The van der Waals surface area contributed by atoms with Gasteiger partial charge in [-0.15, -0.1) is 0 Å². The summed E-state index contributed by atoms with van der Waals surface area (Å²) in [6.07, 6.45) is 3.27. The molecule has 0 spiro atoms. The molecular weight excluding hydrogens is 243 g/mol. The van der Waals surface area contributed by atoms with E-state index in [2.05, 4.69) is 15.3 Å². The van der Waals surface area contributed by atoms with E-state index in [1.165, 1.54) is 12.1 Å². The van der Waals surface area contributed by atoms with Gasteiger partial charge in [0, 0.05) is 18.1 Å². The maximum atomic E-state index is 13.2. The lowest BCUT2D eigenvalue weighted by Gasteiger charge is -2.16. The average molecular weight is 256 g/mol. The third-order valence-electron chi connectivity index (χ3n) is 2.80. The normalized spacial score (nSPS) is 11.7. The molecule has 0 fully saturated rings. The Balaban J connectivity index is 2.22. The lowest BCUT2D eigenvalue weighted by Crippen LogP contribution is -2.11. The number of aromatic nitrogens is 2. The third kappa shape index (κ3) is 2.86. The van der Waals surface area contributed by atoms with Crippen LogP contribution in [0.15, 0.2) is 30.6 Å². The van der Waals surface area contributed by atoms with E-state index in [1.54, 1.807) is 18.5 Å². The summed E-state index contributed by atoms with van der Waals surface area (Å²) in [6, 6.07) is 6.09. The zero-order valence-corrected chi connectivity index (χ0v) is 10.7. The molecule has 1 aromatic carbocycles. The second kappa shape index (κ2) is 5.44. The fraction of sp³-hybridized carbons (Fsp3) is 0.214. The molecule has 0 aliphatic rings. The maximum Gasteiger partial charge on any atom is 0.141 e. The average Bonchev–Trinajstić information content (AvgIpc) is 2.41. The molecule has 2 aromatic rings. The van der Waals surface area contributed by atoms with Gasteiger partial charge in [0.15, 0.2) is 0 Å². The van der Waals surface area contributed by atoms with Gasteiger partial charge in [0.1, 0.15) is 11.9 Å². The van der Waals surface area contributed by atoms with E-state index in [4.69, 9.17) is 5.26 Å². The highest BCUT2D eigenvalue weighted by Gasteiger charge is 2.11. The van der Waals surface area contributed by atoms with Gasteiger partial charge in [-0.1, -0.05) is 0 Å². The Bertz CT molecular complexity index is 634. The molecule has 0 aliphatic heterocycles. The number of hydrogen-bond donors (Lipinski definition) is 1. The van der Waals surface area contributed by atoms with Crippen LogP contribution in [0.4, 0.5) is 10.1 Å². The van der Waals surface area contributed by atoms with Gasteiger partial charge in [0.25, 0.3) is 0 Å². The molecule has 2 rings (SSSR count). The Morgan fingerprint density at radius 2 is 2.05 bits per heavy atom. The topological polar surface area (TPSA) is 61.6 Å². The van der Waals surface area contributed by atoms with Crippen LogP contribution in [0, 0.1) is 24.1 Å². The van der Waals surface area contributed by atoms with Crippen molar-refractivity contribution in [2.24, 2.45) is 0 Å². The number of anilines is 1. The number of rotatable bonds is 3. The molecule has 0 radical (unpaired) electrons. The minimum Gasteiger partial charge on any atom is -0.377 e. The quantitative estimate of drug-likeness (QED) is 0.917. The number of aryl methyl sites for hydroxylation is 1. The van der Waals surface area contributed by atoms with Crippen LogP contribution in [0.25, 0.3) is 0 Å². The molecule has 1 unspecified atom stereocenters. The van der Waals surface area contributed by atoms with Crippen molar-refractivity contribution >= 4 is 5.69 Å². The van der Waals surface area contributed by atoms with Crippen molar-refractivity contribution in [2.75, 3.05) is 5.32 Å². The zero-order chi connectivity index (χ0) is 13.8. The summed E-state index contributed by atoms with van der Waals surface area (Å²) in [5.41, 5.74) is 2.36. The van der Waals surface area contributed by atoms with Gasteiger partial charge in [-0.3, -0.25) is 9.97 Å². The SMILES string of the molecule is Cc1nccnc1C(C)Nc1ccc(F)c(C#N)c1. The molecule has 4 nitrogen and oxygen atoms in total. The highest BCUT2D eigenvalue weighted by molar-refractivity contribution is 5.51. The Morgan fingerprint density at radius 3 is 2.74 bits per heavy atom. The molecule has 1 atom stereocenters. The van der Waals surface area contributed by atoms with E-state index in [-0.39, 0.29) is 11.6 Å². The number of nitriles is 1. The van der Waals surface area contributed by atoms with Crippen LogP contribution in [0.3, 0.4) is 0 Å². The van der Waals surface area contributed by atoms with Crippen LogP contribution in [-0.2, 0) is 0 Å². The van der Waals surface area contributed by atoms with Gasteiger partial charge in [-0.2, -0.15) is 5.26 Å². The molecular formula is C14H13FN4. The summed E-state index contributed by atoms with van der Waals surface area (Å²) >= 11 is 0. The Labute approximate surface area is 110 Å². The van der Waals surface area contributed by atoms with E-state index in [9.17, 15) is 4.39 Å². The largest absolute Gasteiger partial charge is 0.377 e. The van der Waals surface area contributed by atoms with Crippen LogP contribution >= 0.6 is 0 Å². The van der Waals surface area contributed by atoms with Gasteiger partial charge in [0.2, 0.25) is 0 Å². The molecule has 0 saturated heterocycles. The Morgan fingerprint density at radius 1 is 1.32 bits per heavy atom. The van der Waals surface area contributed by atoms with E-state index in [0.717, 1.165) is 11.4 Å². The molecule has 5 heteroatoms. The van der Waals surface area contributed by atoms with Crippen molar-refractivity contribution in [3.63, 3.8) is 0 Å². The lowest BCUT2D eigenvalue weighted by molar-refractivity contribution is 0.624. The van der Waals surface area contributed by atoms with Gasteiger partial charge >= 0.3 is 0 Å². The van der Waals surface area contributed by atoms with Gasteiger partial charge in [-0.05, 0) is 32.0 Å². The van der Waals surface area contributed by atoms with E-state index in [1.807, 2.05) is 19.9 Å². The maximum absolute atomic E-state index is 13.2. The Kier molecular flexibility index (Phi) is 3.71. The fourth-order valence-corrected chi connectivity index (χ4v) is 1.86. The van der Waals surface area contributed by atoms with Crippen molar-refractivity contribution in [1.82, 2.24) is 9.97 Å². The number of benzene rings is 1. The van der Waals surface area contributed by atoms with E-state index >= 15 is 0 Å². The van der Waals surface area contributed by atoms with Gasteiger partial charge in [-0.25, -0.2) is 4.39 Å². The highest BCUT2D eigenvalue weighted by Crippen LogP contribution is 2.21. The fourth-order valence-electron chi connectivity index (χ4n) is 1.86. The first-order chi connectivity index (χ1) is 9.11. The smallest absolute Gasteiger partial charge is 0.141 e. The second-order valence-corrected chi connectivity index (χ2v) is 4.20. The summed E-state index contributed by atoms with van der Waals surface area (Å²) < 4.78 is 13.2. The molecule has 0 bridgehead atoms. The van der Waals surface area contributed by atoms with Crippen molar-refractivity contribution in [2.45, 2.75) is 19.9 Å². The van der Waals surface area contributed by atoms with Crippen molar-refractivity contribution in [3.8, 4) is 6.07 Å². The molecule has 96 valence electrons. The third-order valence-corrected chi connectivity index (χ3v) is 2.80. The standard InChI is InChI=1S/C14H13FN4/c1-9-14(18-6-5-17-9)10(2)19-12-3-4-13(15)11(7-12)8-16/h3-7,10,19H,1-2H3. The molecule has 0 saturated carbocycles. The molecule has 1 N–H and O–H groups in total. The first-order valence-electron chi connectivity index (χ1n) is 5.85. The summed E-state index contributed by atoms with van der Waals surface area (Å²) in [6.45, 7) is 3.82. The second-order valence-electron chi connectivity index (χ2n) is 4.20. The van der Waals surface area contributed by atoms with E-state index in [0.29, 0.717) is 5.69 Å². The number of halogens is 1. The van der Waals surface area contributed by atoms with Crippen LogP contribution < -0.4 is 5.32 Å². The van der Waals surface area contributed by atoms with Gasteiger partial charge < -0.3 is 5.32 Å². The molecule has 0 amide bonds. The van der Waals surface area contributed by atoms with Crippen LogP contribution in [0.5, 0.6) is 0 Å². The zero-order valence-electron chi connectivity index (χ0n) is 10.7. The van der Waals surface area contributed by atoms with Crippen molar-refractivity contribution in [3.05, 3.63) is 53.4 Å². The summed E-state index contributed by atoms with van der Waals surface area (Å²) in [7, 11) is 0. The van der Waals surface area contributed by atoms with Crippen LogP contribution in [0.2, 0.25) is 0 Å². The molecule has 1 heterocycles. The highest BCUT2D eigenvalue weighted by atomic mass is 19.1. The summed E-state index contributed by atoms with van der Waals surface area (Å²) in [5, 5.41) is 12.0. The first kappa shape index (κ1) is 13.0. The number of nitrogens with one attached hydrogen (secondary N) is 1. The lowest BCUT2D eigenvalue weighted by atomic mass is 10.1. The van der Waals surface area contributed by atoms with E-state index < -0.39 is 5.82 Å². The predicted octanol–water partition coefficient (Wildman–Crippen LogP) is 2.97. The van der Waals surface area contributed by atoms with Crippen molar-refractivity contribution < 1.29 is 4.39 Å². The van der Waals surface area contributed by atoms with Crippen LogP contribution in [0.1, 0.15) is 29.9 Å². The Hall–Kier alpha value is -2.48. The van der Waals surface area contributed by atoms with Crippen LogP contribution in [-0.4, -0.2) is 9.97 Å². The summed E-state index contributed by atoms with van der Waals surface area (Å²) in [5.74, 6) is -0.517.